The maximum atomic E-state index is 11.0. The van der Waals surface area contributed by atoms with Crippen molar-refractivity contribution in [1.29, 1.82) is 0 Å². The lowest BCUT2D eigenvalue weighted by Crippen LogP contribution is -2.14. The normalized spacial score (nSPS) is 10.7. The van der Waals surface area contributed by atoms with E-state index in [0.717, 1.165) is 27.8 Å². The van der Waals surface area contributed by atoms with Crippen molar-refractivity contribution < 1.29 is 9.53 Å². The number of nitrogens with zero attached hydrogens (tertiary/aromatic N) is 1. The van der Waals surface area contributed by atoms with Crippen LogP contribution in [0.2, 0.25) is 0 Å². The molecule has 3 aromatic rings. The number of carbonyl (C=O) groups excluding carboxylic acids is 1. The van der Waals surface area contributed by atoms with Gasteiger partial charge in [0.2, 0.25) is 5.91 Å². The van der Waals surface area contributed by atoms with Crippen LogP contribution < -0.4 is 16.2 Å². The van der Waals surface area contributed by atoms with Crippen LogP contribution in [0.4, 0.5) is 5.69 Å². The van der Waals surface area contributed by atoms with E-state index in [1.54, 1.807) is 6.20 Å². The average Bonchev–Trinajstić information content (AvgIpc) is 2.57. The fourth-order valence-electron chi connectivity index (χ4n) is 2.66. The Morgan fingerprint density at radius 1 is 1.08 bits per heavy atom. The van der Waals surface area contributed by atoms with Crippen molar-refractivity contribution in [2.45, 2.75) is 12.8 Å². The second-order valence-electron chi connectivity index (χ2n) is 5.60. The maximum Gasteiger partial charge on any atom is 0.223 e. The third-order valence-electron chi connectivity index (χ3n) is 3.80. The second kappa shape index (κ2) is 7.00. The monoisotopic (exact) mass is 321 g/mol. The van der Waals surface area contributed by atoms with Crippen LogP contribution in [-0.2, 0) is 17.6 Å². The zero-order valence-corrected chi connectivity index (χ0v) is 13.2. The molecule has 0 aliphatic heterocycles. The topological polar surface area (TPSA) is 91.2 Å². The van der Waals surface area contributed by atoms with Gasteiger partial charge in [-0.3, -0.25) is 9.78 Å². The van der Waals surface area contributed by atoms with Crippen molar-refractivity contribution in [2.75, 3.05) is 12.3 Å². The van der Waals surface area contributed by atoms with Gasteiger partial charge in [-0.2, -0.15) is 0 Å². The molecule has 122 valence electrons. The van der Waals surface area contributed by atoms with E-state index in [1.807, 2.05) is 48.5 Å². The number of fused-ring (bicyclic) bond motifs is 1. The molecule has 0 saturated heterocycles. The van der Waals surface area contributed by atoms with Gasteiger partial charge in [0.25, 0.3) is 0 Å². The van der Waals surface area contributed by atoms with Gasteiger partial charge in [-0.15, -0.1) is 0 Å². The number of nitrogens with two attached hydrogens (primary N) is 2. The third kappa shape index (κ3) is 3.63. The molecule has 0 aliphatic rings. The summed E-state index contributed by atoms with van der Waals surface area (Å²) in [5.74, 6) is 0.426. The first kappa shape index (κ1) is 15.8. The average molecular weight is 321 g/mol. The molecule has 0 unspecified atom stereocenters. The molecule has 0 atom stereocenters. The summed E-state index contributed by atoms with van der Waals surface area (Å²) in [7, 11) is 0. The summed E-state index contributed by atoms with van der Waals surface area (Å²) >= 11 is 0. The molecule has 3 rings (SSSR count). The number of carbonyl (C=O) groups is 1. The van der Waals surface area contributed by atoms with Gasteiger partial charge < -0.3 is 16.2 Å². The van der Waals surface area contributed by atoms with Crippen LogP contribution in [0.5, 0.6) is 5.75 Å². The van der Waals surface area contributed by atoms with Crippen molar-refractivity contribution in [3.05, 3.63) is 66.0 Å². The number of pyridine rings is 1. The van der Waals surface area contributed by atoms with Gasteiger partial charge in [0, 0.05) is 34.8 Å². The Morgan fingerprint density at radius 2 is 1.88 bits per heavy atom. The van der Waals surface area contributed by atoms with Crippen LogP contribution >= 0.6 is 0 Å². The van der Waals surface area contributed by atoms with Crippen LogP contribution in [0.3, 0.4) is 0 Å². The number of hydrogen-bond acceptors (Lipinski definition) is 4. The van der Waals surface area contributed by atoms with Gasteiger partial charge in [-0.05, 0) is 29.8 Å². The summed E-state index contributed by atoms with van der Waals surface area (Å²) in [6.07, 6.45) is 2.55. The van der Waals surface area contributed by atoms with Crippen molar-refractivity contribution >= 4 is 22.4 Å². The summed E-state index contributed by atoms with van der Waals surface area (Å²) in [5, 5.41) is 1.99. The van der Waals surface area contributed by atoms with Gasteiger partial charge in [0.1, 0.15) is 5.75 Å². The molecule has 5 heteroatoms. The smallest absolute Gasteiger partial charge is 0.223 e. The van der Waals surface area contributed by atoms with Gasteiger partial charge in [0.05, 0.1) is 13.0 Å². The standard InChI is InChI=1S/C19H19N3O2/c20-17-5-6-18(16-4-2-1-3-15(16)17)24-10-8-13-7-9-22-14(11-13)12-19(21)23/h1-7,9,11H,8,10,12,20H2,(H2,21,23). The SMILES string of the molecule is NC(=O)Cc1cc(CCOc2ccc(N)c3ccccc23)ccn1. The van der Waals surface area contributed by atoms with Crippen LogP contribution in [0.15, 0.2) is 54.7 Å². The highest BCUT2D eigenvalue weighted by atomic mass is 16.5. The summed E-state index contributed by atoms with van der Waals surface area (Å²) in [4.78, 5) is 15.1. The quantitative estimate of drug-likeness (QED) is 0.682. The van der Waals surface area contributed by atoms with E-state index in [9.17, 15) is 4.79 Å². The molecule has 0 radical (unpaired) electrons. The number of amides is 1. The number of nitrogen functional groups attached to an aromatic ring is 1. The van der Waals surface area contributed by atoms with Gasteiger partial charge in [-0.25, -0.2) is 0 Å². The fraction of sp³-hybridized carbons (Fsp3) is 0.158. The maximum absolute atomic E-state index is 11.0. The molecule has 24 heavy (non-hydrogen) atoms. The summed E-state index contributed by atoms with van der Waals surface area (Å²) in [6.45, 7) is 0.522. The van der Waals surface area contributed by atoms with E-state index >= 15 is 0 Å². The molecule has 4 N–H and O–H groups in total. The molecule has 0 saturated carbocycles. The molecule has 1 amide bonds. The molecule has 0 spiro atoms. The number of rotatable bonds is 6. The molecule has 5 nitrogen and oxygen atoms in total. The van der Waals surface area contributed by atoms with E-state index in [4.69, 9.17) is 16.2 Å². The molecule has 0 bridgehead atoms. The highest BCUT2D eigenvalue weighted by Crippen LogP contribution is 2.29. The largest absolute Gasteiger partial charge is 0.493 e. The molecular weight excluding hydrogens is 302 g/mol. The number of hydrogen-bond donors (Lipinski definition) is 2. The van der Waals surface area contributed by atoms with Gasteiger partial charge in [0.15, 0.2) is 0 Å². The van der Waals surface area contributed by atoms with E-state index in [2.05, 4.69) is 4.98 Å². The summed E-state index contributed by atoms with van der Waals surface area (Å²) in [6, 6.07) is 15.4. The molecule has 2 aromatic carbocycles. The van der Waals surface area contributed by atoms with Gasteiger partial charge in [-0.1, -0.05) is 24.3 Å². The lowest BCUT2D eigenvalue weighted by Gasteiger charge is -2.11. The number of primary amides is 1. The molecule has 1 aromatic heterocycles. The Labute approximate surface area is 140 Å². The molecule has 0 aliphatic carbocycles. The molecule has 1 heterocycles. The Bertz CT molecular complexity index is 877. The Morgan fingerprint density at radius 3 is 2.67 bits per heavy atom. The van der Waals surface area contributed by atoms with E-state index in [0.29, 0.717) is 18.7 Å². The van der Waals surface area contributed by atoms with Crippen LogP contribution in [0.1, 0.15) is 11.3 Å². The molecular formula is C19H19N3O2. The number of anilines is 1. The lowest BCUT2D eigenvalue weighted by molar-refractivity contribution is -0.117. The van der Waals surface area contributed by atoms with E-state index in [1.165, 1.54) is 0 Å². The van der Waals surface area contributed by atoms with Crippen molar-refractivity contribution in [3.63, 3.8) is 0 Å². The zero-order chi connectivity index (χ0) is 16.9. The number of ether oxygens (including phenoxy) is 1. The predicted molar refractivity (Wildman–Crippen MR) is 94.7 cm³/mol. The van der Waals surface area contributed by atoms with E-state index in [-0.39, 0.29) is 12.3 Å². The predicted octanol–water partition coefficient (Wildman–Crippen LogP) is 2.47. The van der Waals surface area contributed by atoms with Crippen LogP contribution in [-0.4, -0.2) is 17.5 Å². The van der Waals surface area contributed by atoms with Crippen molar-refractivity contribution in [2.24, 2.45) is 5.73 Å². The third-order valence-corrected chi connectivity index (χ3v) is 3.80. The minimum Gasteiger partial charge on any atom is -0.493 e. The number of aromatic nitrogens is 1. The first-order chi connectivity index (χ1) is 11.6. The highest BCUT2D eigenvalue weighted by molar-refractivity contribution is 5.96. The number of benzene rings is 2. The lowest BCUT2D eigenvalue weighted by atomic mass is 10.1. The zero-order valence-electron chi connectivity index (χ0n) is 13.2. The summed E-state index contributed by atoms with van der Waals surface area (Å²) in [5.41, 5.74) is 13.7. The Hall–Kier alpha value is -3.08. The minimum absolute atomic E-state index is 0.150. The van der Waals surface area contributed by atoms with Crippen molar-refractivity contribution in [1.82, 2.24) is 4.98 Å². The van der Waals surface area contributed by atoms with Crippen LogP contribution in [0.25, 0.3) is 10.8 Å². The minimum atomic E-state index is -0.385. The first-order valence-corrected chi connectivity index (χ1v) is 7.75. The first-order valence-electron chi connectivity index (χ1n) is 7.75. The van der Waals surface area contributed by atoms with Crippen LogP contribution in [0, 0.1) is 0 Å². The Kier molecular flexibility index (Phi) is 4.61. The van der Waals surface area contributed by atoms with Gasteiger partial charge >= 0.3 is 0 Å². The van der Waals surface area contributed by atoms with E-state index < -0.39 is 0 Å². The Balaban J connectivity index is 1.69. The second-order valence-corrected chi connectivity index (χ2v) is 5.60. The summed E-state index contributed by atoms with van der Waals surface area (Å²) < 4.78 is 5.93. The fourth-order valence-corrected chi connectivity index (χ4v) is 2.66. The molecule has 0 fully saturated rings. The highest BCUT2D eigenvalue weighted by Gasteiger charge is 2.06. The van der Waals surface area contributed by atoms with Crippen molar-refractivity contribution in [3.8, 4) is 5.75 Å².